The van der Waals surface area contributed by atoms with E-state index in [-0.39, 0.29) is 53.8 Å². The first-order chi connectivity index (χ1) is 18.7. The number of sulfone groups is 1. The number of carbonyl (C=O) groups is 1. The van der Waals surface area contributed by atoms with E-state index in [9.17, 15) is 36.6 Å². The molecule has 0 saturated heterocycles. The lowest BCUT2D eigenvalue weighted by Crippen LogP contribution is -2.54. The molecule has 2 aromatic rings. The molecule has 1 saturated carbocycles. The molecular formula is C27H33ClF3NO7S. The van der Waals surface area contributed by atoms with Crippen molar-refractivity contribution in [2.75, 3.05) is 32.2 Å². The average molecular weight is 608 g/mol. The van der Waals surface area contributed by atoms with Crippen LogP contribution < -0.4 is 5.32 Å². The Hall–Kier alpha value is -2.22. The number of ether oxygens (including phenoxy) is 2. The zero-order valence-corrected chi connectivity index (χ0v) is 23.9. The minimum Gasteiger partial charge on any atom is -0.388 e. The Morgan fingerprint density at radius 2 is 1.82 bits per heavy atom. The van der Waals surface area contributed by atoms with Crippen LogP contribution in [0.25, 0.3) is 0 Å². The van der Waals surface area contributed by atoms with Crippen LogP contribution in [0, 0.1) is 29.3 Å². The lowest BCUT2D eigenvalue weighted by Gasteiger charge is -2.47. The molecule has 8 nitrogen and oxygen atoms in total. The lowest BCUT2D eigenvalue weighted by molar-refractivity contribution is -0.145. The summed E-state index contributed by atoms with van der Waals surface area (Å²) in [6.07, 6.45) is -0.226. The molecule has 222 valence electrons. The minimum atomic E-state index is -4.10. The summed E-state index contributed by atoms with van der Waals surface area (Å²) in [5, 5.41) is 22.5. The van der Waals surface area contributed by atoms with Gasteiger partial charge in [0, 0.05) is 30.5 Å². The van der Waals surface area contributed by atoms with E-state index in [2.05, 4.69) is 5.32 Å². The van der Waals surface area contributed by atoms with Crippen LogP contribution in [0.4, 0.5) is 18.9 Å². The fourth-order valence-corrected chi connectivity index (χ4v) is 7.58. The summed E-state index contributed by atoms with van der Waals surface area (Å²) in [6.45, 7) is 3.48. The second-order valence-corrected chi connectivity index (χ2v) is 12.7. The highest BCUT2D eigenvalue weighted by Gasteiger charge is 2.50. The first kappa shape index (κ1) is 32.3. The van der Waals surface area contributed by atoms with Gasteiger partial charge in [-0.25, -0.2) is 21.6 Å². The summed E-state index contributed by atoms with van der Waals surface area (Å²) in [6, 6.07) is 4.76. The van der Waals surface area contributed by atoms with Gasteiger partial charge in [0.1, 0.15) is 6.10 Å². The number of anilines is 1. The number of benzene rings is 2. The molecule has 0 spiro atoms. The molecule has 5 atom stereocenters. The summed E-state index contributed by atoms with van der Waals surface area (Å²) < 4.78 is 78.3. The van der Waals surface area contributed by atoms with Gasteiger partial charge in [0.25, 0.3) is 5.91 Å². The number of halogens is 4. The Bertz CT molecular complexity index is 1310. The number of aliphatic hydroxyl groups is 2. The third kappa shape index (κ3) is 6.97. The van der Waals surface area contributed by atoms with E-state index in [1.807, 2.05) is 6.92 Å². The van der Waals surface area contributed by atoms with Crippen molar-refractivity contribution in [3.63, 3.8) is 0 Å². The van der Waals surface area contributed by atoms with Gasteiger partial charge in [-0.15, -0.1) is 0 Å². The maximum Gasteiger partial charge on any atom is 0.255 e. The Morgan fingerprint density at radius 1 is 1.18 bits per heavy atom. The van der Waals surface area contributed by atoms with E-state index < -0.39 is 62.0 Å². The molecule has 1 fully saturated rings. The molecule has 0 aliphatic heterocycles. The molecule has 1 amide bonds. The molecule has 1 unspecified atom stereocenters. The van der Waals surface area contributed by atoms with Crippen LogP contribution in [0.15, 0.2) is 35.2 Å². The van der Waals surface area contributed by atoms with Crippen LogP contribution in [0.3, 0.4) is 0 Å². The minimum absolute atomic E-state index is 0.0529. The first-order valence-corrected chi connectivity index (χ1v) is 14.6. The predicted molar refractivity (Wildman–Crippen MR) is 143 cm³/mol. The number of carbonyl (C=O) groups excluding carboxylic acids is 1. The van der Waals surface area contributed by atoms with E-state index in [1.165, 1.54) is 19.2 Å². The van der Waals surface area contributed by atoms with E-state index in [1.54, 1.807) is 6.92 Å². The monoisotopic (exact) mass is 607 g/mol. The molecule has 0 aromatic heterocycles. The van der Waals surface area contributed by atoms with Crippen molar-refractivity contribution in [3.8, 4) is 0 Å². The van der Waals surface area contributed by atoms with Crippen molar-refractivity contribution >= 4 is 33.0 Å². The number of hydrogen-bond donors (Lipinski definition) is 3. The normalized spacial score (nSPS) is 24.1. The highest BCUT2D eigenvalue weighted by atomic mass is 35.5. The van der Waals surface area contributed by atoms with Gasteiger partial charge in [0.05, 0.1) is 40.6 Å². The number of aliphatic hydroxyl groups excluding tert-OH is 1. The van der Waals surface area contributed by atoms with E-state index in [0.717, 1.165) is 6.07 Å². The second-order valence-electron chi connectivity index (χ2n) is 10.1. The van der Waals surface area contributed by atoms with Gasteiger partial charge >= 0.3 is 0 Å². The molecule has 0 bridgehead atoms. The second kappa shape index (κ2) is 13.2. The zero-order valence-electron chi connectivity index (χ0n) is 22.3. The van der Waals surface area contributed by atoms with Crippen molar-refractivity contribution in [2.24, 2.45) is 11.8 Å². The summed E-state index contributed by atoms with van der Waals surface area (Å²) >= 11 is 6.26. The van der Waals surface area contributed by atoms with E-state index in [4.69, 9.17) is 21.1 Å². The van der Waals surface area contributed by atoms with Crippen molar-refractivity contribution in [1.82, 2.24) is 0 Å². The van der Waals surface area contributed by atoms with Gasteiger partial charge in [0.15, 0.2) is 27.3 Å². The smallest absolute Gasteiger partial charge is 0.255 e. The Kier molecular flexibility index (Phi) is 10.6. The molecule has 0 heterocycles. The molecule has 2 aromatic carbocycles. The van der Waals surface area contributed by atoms with E-state index >= 15 is 0 Å². The zero-order chi connectivity index (χ0) is 29.8. The van der Waals surface area contributed by atoms with Crippen molar-refractivity contribution in [2.45, 2.75) is 55.0 Å². The first-order valence-electron chi connectivity index (χ1n) is 12.7. The summed E-state index contributed by atoms with van der Waals surface area (Å²) in [5.74, 6) is -6.52. The quantitative estimate of drug-likeness (QED) is 0.324. The van der Waals surface area contributed by atoms with E-state index in [0.29, 0.717) is 18.6 Å². The maximum atomic E-state index is 13.7. The lowest BCUT2D eigenvalue weighted by atomic mass is 9.68. The molecular weight excluding hydrogens is 575 g/mol. The van der Waals surface area contributed by atoms with Crippen LogP contribution in [-0.4, -0.2) is 68.4 Å². The van der Waals surface area contributed by atoms with Gasteiger partial charge in [-0.2, -0.15) is 0 Å². The molecule has 13 heteroatoms. The molecule has 0 radical (unpaired) electrons. The topological polar surface area (TPSA) is 122 Å². The van der Waals surface area contributed by atoms with Crippen LogP contribution in [-0.2, 0) is 19.3 Å². The highest BCUT2D eigenvalue weighted by molar-refractivity contribution is 7.92. The Balaban J connectivity index is 1.81. The number of methoxy groups -OCH3 is 1. The number of amides is 1. The summed E-state index contributed by atoms with van der Waals surface area (Å²) in [7, 11) is -2.66. The Morgan fingerprint density at radius 3 is 2.42 bits per heavy atom. The van der Waals surface area contributed by atoms with Gasteiger partial charge < -0.3 is 25.0 Å². The van der Waals surface area contributed by atoms with Crippen molar-refractivity contribution in [1.29, 1.82) is 0 Å². The Labute approximate surface area is 236 Å². The highest BCUT2D eigenvalue weighted by Crippen LogP contribution is 2.44. The van der Waals surface area contributed by atoms with Crippen LogP contribution in [0.2, 0.25) is 5.02 Å². The van der Waals surface area contributed by atoms with Crippen LogP contribution >= 0.6 is 11.6 Å². The fourth-order valence-electron chi connectivity index (χ4n) is 5.12. The number of rotatable bonds is 11. The van der Waals surface area contributed by atoms with Crippen molar-refractivity contribution < 1.29 is 46.1 Å². The van der Waals surface area contributed by atoms with Gasteiger partial charge in [-0.3, -0.25) is 4.79 Å². The molecule has 1 aliphatic carbocycles. The standard InChI is InChI=1S/C27H33ClF3NO7S/c1-4-17-9-20(7-15(2)27(17,35)14-39-13-19(33)12-38-3)40(36,37)24-8-16(5-6-21(24)28)26(34)32-18-10-22(29)25(31)23(30)11-18/h5-6,8,10-11,15,17,19-20,33,35H,4,7,9,12-14H2,1-3H3,(H,32,34)/t15-,17?,19+,20-,27-/m0/s1. The molecule has 40 heavy (non-hydrogen) atoms. The summed E-state index contributed by atoms with van der Waals surface area (Å²) in [4.78, 5) is 12.5. The molecule has 1 aliphatic rings. The molecule has 3 N–H and O–H groups in total. The number of nitrogens with one attached hydrogen (secondary N) is 1. The van der Waals surface area contributed by atoms with Gasteiger partial charge in [-0.05, 0) is 42.9 Å². The maximum absolute atomic E-state index is 13.7. The SMILES string of the molecule is CCC1C[C@@H](S(=O)(=O)c2cc(C(=O)Nc3cc(F)c(F)c(F)c3)ccc2Cl)C[C@H](C)[C@@]1(O)COC[C@H](O)COC. The third-order valence-electron chi connectivity index (χ3n) is 7.40. The van der Waals surface area contributed by atoms with Crippen LogP contribution in [0.1, 0.15) is 43.5 Å². The number of hydrogen-bond acceptors (Lipinski definition) is 7. The molecule has 3 rings (SSSR count). The van der Waals surface area contributed by atoms with Gasteiger partial charge in [-0.1, -0.05) is 31.9 Å². The third-order valence-corrected chi connectivity index (χ3v) is 10.1. The predicted octanol–water partition coefficient (Wildman–Crippen LogP) is 4.36. The summed E-state index contributed by atoms with van der Waals surface area (Å²) in [5.41, 5.74) is -1.84. The fraction of sp³-hybridized carbons (Fsp3) is 0.519. The largest absolute Gasteiger partial charge is 0.388 e. The van der Waals surface area contributed by atoms with Crippen LogP contribution in [0.5, 0.6) is 0 Å². The van der Waals surface area contributed by atoms with Gasteiger partial charge in [0.2, 0.25) is 0 Å². The average Bonchev–Trinajstić information content (AvgIpc) is 2.88. The van der Waals surface area contributed by atoms with Crippen molar-refractivity contribution in [3.05, 3.63) is 58.4 Å².